The summed E-state index contributed by atoms with van der Waals surface area (Å²) in [5.41, 5.74) is 10.7. The maximum absolute atomic E-state index is 11.6. The lowest BCUT2D eigenvalue weighted by molar-refractivity contribution is -0.438. The van der Waals surface area contributed by atoms with Gasteiger partial charge in [0.2, 0.25) is 5.69 Å². The third-order valence-corrected chi connectivity index (χ3v) is 14.4. The fourth-order valence-electron chi connectivity index (χ4n) is 9.91. The van der Waals surface area contributed by atoms with Crippen LogP contribution in [0.4, 0.5) is 17.1 Å². The van der Waals surface area contributed by atoms with Crippen LogP contribution in [0.1, 0.15) is 77.3 Å². The smallest absolute Gasteiger partial charge is 0.264 e. The van der Waals surface area contributed by atoms with E-state index < -0.39 is 20.2 Å². The molecule has 0 bridgehead atoms. The van der Waals surface area contributed by atoms with Crippen molar-refractivity contribution in [1.29, 1.82) is 0 Å². The molecule has 5 aromatic rings. The summed E-state index contributed by atoms with van der Waals surface area (Å²) in [6.07, 6.45) is 12.5. The lowest BCUT2D eigenvalue weighted by Crippen LogP contribution is -2.28. The van der Waals surface area contributed by atoms with Crippen molar-refractivity contribution in [3.63, 3.8) is 0 Å². The van der Waals surface area contributed by atoms with E-state index in [0.717, 1.165) is 47.0 Å². The second kappa shape index (κ2) is 17.1. The zero-order chi connectivity index (χ0) is 43.9. The van der Waals surface area contributed by atoms with Crippen LogP contribution in [0.5, 0.6) is 0 Å². The molecule has 322 valence electrons. The number of benzene rings is 5. The molecule has 0 amide bonds. The molecular weight excluding hydrogens is 815 g/mol. The number of nitrogens with one attached hydrogen (secondary N) is 1. The Morgan fingerprint density at radius 2 is 1.27 bits per heavy atom. The van der Waals surface area contributed by atoms with Crippen molar-refractivity contribution in [3.8, 4) is 0 Å². The summed E-state index contributed by atoms with van der Waals surface area (Å²) in [4.78, 5) is 2.33. The predicted molar refractivity (Wildman–Crippen MR) is 254 cm³/mol. The number of fused-ring (bicyclic) bond motifs is 6. The molecule has 5 aromatic carbocycles. The standard InChI is InChI=1S/C51H55N3O6S2/c1-50(2)45(53(32-12-14-34-61(55,56)57)43-28-24-36-16-8-10-20-41(36)47(43)50)30-26-38-22-23-39(49(38)52-40-18-6-5-7-19-40)27-31-46-51(3,4)48-42-21-11-9-17-37(42)25-29-44(48)54(46)33-13-15-35-62(58,59)60/h5-11,16-21,24-31H,12-15,22-23,32-35H2,1-4H3,(H2,55,56,57,58,59,60)/p+1/b38-26+,45-30+. The molecule has 0 fully saturated rings. The summed E-state index contributed by atoms with van der Waals surface area (Å²) in [5, 5.41) is 8.52. The highest BCUT2D eigenvalue weighted by Crippen LogP contribution is 2.51. The first-order valence-electron chi connectivity index (χ1n) is 21.6. The highest BCUT2D eigenvalue weighted by molar-refractivity contribution is 7.86. The summed E-state index contributed by atoms with van der Waals surface area (Å²) in [6.45, 7) is 10.3. The average Bonchev–Trinajstić information content (AvgIpc) is 3.79. The number of allylic oxidation sites excluding steroid dienone is 7. The summed E-state index contributed by atoms with van der Waals surface area (Å²) in [7, 11) is -8.10. The minimum absolute atomic E-state index is 0.266. The van der Waals surface area contributed by atoms with Crippen LogP contribution in [0.2, 0.25) is 0 Å². The average molecular weight is 871 g/mol. The first-order chi connectivity index (χ1) is 29.5. The van der Waals surface area contributed by atoms with E-state index in [1.54, 1.807) is 0 Å². The van der Waals surface area contributed by atoms with Crippen LogP contribution in [-0.2, 0) is 31.1 Å². The fraction of sp³-hybridized carbons (Fsp3) is 0.314. The number of hydrogen-bond acceptors (Lipinski definition) is 6. The Bertz CT molecular complexity index is 2940. The zero-order valence-corrected chi connectivity index (χ0v) is 37.6. The van der Waals surface area contributed by atoms with Crippen LogP contribution in [0.15, 0.2) is 150 Å². The normalized spacial score (nSPS) is 18.6. The highest BCUT2D eigenvalue weighted by atomic mass is 32.2. The van der Waals surface area contributed by atoms with Crippen molar-refractivity contribution in [2.75, 3.05) is 34.8 Å². The minimum atomic E-state index is -4.05. The van der Waals surface area contributed by atoms with Crippen LogP contribution in [0, 0.1) is 0 Å². The van der Waals surface area contributed by atoms with Crippen LogP contribution in [0.3, 0.4) is 0 Å². The lowest BCUT2D eigenvalue weighted by Gasteiger charge is -2.27. The monoisotopic (exact) mass is 870 g/mol. The van der Waals surface area contributed by atoms with Gasteiger partial charge in [-0.15, -0.1) is 0 Å². The number of unbranched alkanes of at least 4 members (excludes halogenated alkanes) is 2. The number of para-hydroxylation sites is 1. The van der Waals surface area contributed by atoms with E-state index in [-0.39, 0.29) is 22.3 Å². The van der Waals surface area contributed by atoms with E-state index in [1.165, 1.54) is 43.8 Å². The van der Waals surface area contributed by atoms with Gasteiger partial charge in [0.25, 0.3) is 20.2 Å². The van der Waals surface area contributed by atoms with Crippen molar-refractivity contribution in [2.45, 2.75) is 77.0 Å². The maximum atomic E-state index is 11.6. The van der Waals surface area contributed by atoms with Gasteiger partial charge in [-0.25, -0.2) is 0 Å². The van der Waals surface area contributed by atoms with Gasteiger partial charge in [-0.3, -0.25) is 9.11 Å². The third-order valence-electron chi connectivity index (χ3n) is 12.8. The molecule has 1 aliphatic carbocycles. The molecule has 62 heavy (non-hydrogen) atoms. The van der Waals surface area contributed by atoms with E-state index in [1.807, 2.05) is 18.2 Å². The molecule has 2 heterocycles. The minimum Gasteiger partial charge on any atom is -0.355 e. The highest BCUT2D eigenvalue weighted by Gasteiger charge is 2.46. The Kier molecular flexibility index (Phi) is 11.9. The summed E-state index contributed by atoms with van der Waals surface area (Å²) >= 11 is 0. The van der Waals surface area contributed by atoms with Gasteiger partial charge in [-0.2, -0.15) is 21.4 Å². The van der Waals surface area contributed by atoms with Crippen molar-refractivity contribution < 1.29 is 30.5 Å². The second-order valence-electron chi connectivity index (χ2n) is 17.8. The van der Waals surface area contributed by atoms with Gasteiger partial charge >= 0.3 is 0 Å². The van der Waals surface area contributed by atoms with Crippen LogP contribution in [-0.4, -0.2) is 60.8 Å². The molecule has 3 N–H and O–H groups in total. The van der Waals surface area contributed by atoms with Gasteiger partial charge in [0, 0.05) is 58.9 Å². The Hall–Kier alpha value is -5.33. The molecule has 0 spiro atoms. The molecule has 0 radical (unpaired) electrons. The Morgan fingerprint density at radius 1 is 0.661 bits per heavy atom. The molecule has 0 saturated heterocycles. The van der Waals surface area contributed by atoms with E-state index in [0.29, 0.717) is 38.8 Å². The number of hydrogen-bond donors (Lipinski definition) is 3. The van der Waals surface area contributed by atoms with Crippen LogP contribution in [0.25, 0.3) is 21.5 Å². The second-order valence-corrected chi connectivity index (χ2v) is 20.9. The van der Waals surface area contributed by atoms with E-state index >= 15 is 0 Å². The SMILES string of the molecule is CC1(C)C(/C=C/C2=C(Nc3ccccc3)C(=C/C=C3/N(CCCCS(=O)(=O)O)c4ccc5ccccc5c4C3(C)C)/CC2)=[N+](CCCCS(=O)(=O)O)c2ccc3ccccc3c21. The Balaban J connectivity index is 1.20. The van der Waals surface area contributed by atoms with Crippen LogP contribution < -0.4 is 10.2 Å². The quantitative estimate of drug-likeness (QED) is 0.0539. The van der Waals surface area contributed by atoms with Gasteiger partial charge in [0.05, 0.1) is 16.9 Å². The topological polar surface area (TPSA) is 127 Å². The fourth-order valence-corrected chi connectivity index (χ4v) is 11.0. The lowest BCUT2D eigenvalue weighted by atomic mass is 9.79. The molecule has 0 aromatic heterocycles. The summed E-state index contributed by atoms with van der Waals surface area (Å²) < 4.78 is 67.7. The van der Waals surface area contributed by atoms with Gasteiger partial charge in [0.1, 0.15) is 6.54 Å². The molecular formula is C51H56N3O6S2+. The van der Waals surface area contributed by atoms with Gasteiger partial charge in [-0.05, 0) is 115 Å². The largest absolute Gasteiger partial charge is 0.355 e. The number of rotatable bonds is 15. The number of anilines is 2. The Morgan fingerprint density at radius 3 is 1.95 bits per heavy atom. The van der Waals surface area contributed by atoms with Crippen molar-refractivity contribution >= 4 is 64.6 Å². The maximum Gasteiger partial charge on any atom is 0.264 e. The van der Waals surface area contributed by atoms with Crippen molar-refractivity contribution in [2.24, 2.45) is 0 Å². The molecule has 11 heteroatoms. The predicted octanol–water partition coefficient (Wildman–Crippen LogP) is 11.0. The van der Waals surface area contributed by atoms with Crippen molar-refractivity contribution in [3.05, 3.63) is 161 Å². The van der Waals surface area contributed by atoms with Gasteiger partial charge in [-0.1, -0.05) is 98.8 Å². The molecule has 0 saturated carbocycles. The first-order valence-corrected chi connectivity index (χ1v) is 24.8. The summed E-state index contributed by atoms with van der Waals surface area (Å²) in [5.74, 6) is -0.531. The third kappa shape index (κ3) is 8.81. The summed E-state index contributed by atoms with van der Waals surface area (Å²) in [6, 6.07) is 35.8. The zero-order valence-electron chi connectivity index (χ0n) is 35.9. The first kappa shape index (κ1) is 43.3. The molecule has 0 atom stereocenters. The molecule has 8 rings (SSSR count). The molecule has 2 aliphatic heterocycles. The van der Waals surface area contributed by atoms with Crippen molar-refractivity contribution in [1.82, 2.24) is 0 Å². The molecule has 3 aliphatic rings. The Labute approximate surface area is 366 Å². The molecule has 9 nitrogen and oxygen atoms in total. The number of nitrogens with zero attached hydrogens (tertiary/aromatic N) is 2. The molecule has 0 unspecified atom stereocenters. The van der Waals surface area contributed by atoms with Gasteiger partial charge < -0.3 is 10.2 Å². The van der Waals surface area contributed by atoms with Crippen LogP contribution >= 0.6 is 0 Å². The van der Waals surface area contributed by atoms with E-state index in [4.69, 9.17) is 0 Å². The van der Waals surface area contributed by atoms with Gasteiger partial charge in [0.15, 0.2) is 5.71 Å². The van der Waals surface area contributed by atoms with E-state index in [2.05, 4.69) is 152 Å². The van der Waals surface area contributed by atoms with E-state index in [9.17, 15) is 25.9 Å².